The molecule has 0 spiro atoms. The Kier molecular flexibility index (Phi) is 6.41. The molecule has 8 heteroatoms. The number of nitrogens with zero attached hydrogens (tertiary/aromatic N) is 5. The largest absolute Gasteiger partial charge is 0.353 e. The molecule has 1 aliphatic carbocycles. The van der Waals surface area contributed by atoms with Crippen molar-refractivity contribution >= 4 is 5.91 Å². The van der Waals surface area contributed by atoms with Crippen LogP contribution in [-0.2, 0) is 16.8 Å². The first-order chi connectivity index (χ1) is 14.6. The van der Waals surface area contributed by atoms with Gasteiger partial charge in [-0.05, 0) is 54.7 Å². The quantitative estimate of drug-likeness (QED) is 0.754. The van der Waals surface area contributed by atoms with E-state index in [0.29, 0.717) is 18.8 Å². The van der Waals surface area contributed by atoms with Crippen molar-refractivity contribution < 1.29 is 9.18 Å². The zero-order chi connectivity index (χ0) is 21.0. The standard InChI is InChI=1S/C22H31FN6O/c1-17-25-26-27-29(17)15-10-21(30)24-18-8-13-28(14-9-18)16-22(11-4-5-12-22)19-6-2-3-7-20(19)23/h2-3,6-7,18H,4-5,8-16H2,1H3,(H,24,30). The summed E-state index contributed by atoms with van der Waals surface area (Å²) in [6.07, 6.45) is 6.69. The van der Waals surface area contributed by atoms with Gasteiger partial charge in [0.25, 0.3) is 0 Å². The molecule has 0 radical (unpaired) electrons. The number of hydrogen-bond acceptors (Lipinski definition) is 5. The summed E-state index contributed by atoms with van der Waals surface area (Å²) in [5.41, 5.74) is 0.821. The number of aromatic nitrogens is 4. The number of nitrogens with one attached hydrogen (secondary N) is 1. The van der Waals surface area contributed by atoms with E-state index in [-0.39, 0.29) is 23.2 Å². The molecule has 1 aromatic heterocycles. The number of aryl methyl sites for hydroxylation is 2. The van der Waals surface area contributed by atoms with Crippen molar-refractivity contribution in [1.82, 2.24) is 30.4 Å². The molecule has 0 unspecified atom stereocenters. The number of benzene rings is 1. The maximum Gasteiger partial charge on any atom is 0.222 e. The van der Waals surface area contributed by atoms with Crippen molar-refractivity contribution in [2.24, 2.45) is 0 Å². The van der Waals surface area contributed by atoms with Crippen molar-refractivity contribution in [3.63, 3.8) is 0 Å². The van der Waals surface area contributed by atoms with Crippen molar-refractivity contribution in [3.8, 4) is 0 Å². The third-order valence-corrected chi connectivity index (χ3v) is 6.75. The van der Waals surface area contributed by atoms with E-state index in [0.717, 1.165) is 50.9 Å². The van der Waals surface area contributed by atoms with Crippen molar-refractivity contribution in [2.75, 3.05) is 19.6 Å². The average Bonchev–Trinajstić information content (AvgIpc) is 3.38. The summed E-state index contributed by atoms with van der Waals surface area (Å²) in [6, 6.07) is 7.50. The molecule has 1 N–H and O–H groups in total. The molecule has 1 aromatic carbocycles. The van der Waals surface area contributed by atoms with Gasteiger partial charge in [0.2, 0.25) is 5.91 Å². The zero-order valence-electron chi connectivity index (χ0n) is 17.7. The Balaban J connectivity index is 1.27. The predicted molar refractivity (Wildman–Crippen MR) is 111 cm³/mol. The molecule has 1 amide bonds. The molecule has 30 heavy (non-hydrogen) atoms. The first-order valence-electron chi connectivity index (χ1n) is 11.1. The molecule has 0 atom stereocenters. The van der Waals surface area contributed by atoms with Crippen LogP contribution in [0.2, 0.25) is 0 Å². The highest BCUT2D eigenvalue weighted by Gasteiger charge is 2.39. The number of halogens is 1. The van der Waals surface area contributed by atoms with Crippen molar-refractivity contribution in [3.05, 3.63) is 41.5 Å². The second-order valence-electron chi connectivity index (χ2n) is 8.78. The monoisotopic (exact) mass is 414 g/mol. The summed E-state index contributed by atoms with van der Waals surface area (Å²) in [6.45, 7) is 5.11. The van der Waals surface area contributed by atoms with Gasteiger partial charge in [-0.1, -0.05) is 31.0 Å². The van der Waals surface area contributed by atoms with Gasteiger partial charge in [0, 0.05) is 37.5 Å². The topological polar surface area (TPSA) is 75.9 Å². The smallest absolute Gasteiger partial charge is 0.222 e. The number of carbonyl (C=O) groups is 1. The molecule has 2 heterocycles. The van der Waals surface area contributed by atoms with Crippen LogP contribution in [-0.4, -0.2) is 56.7 Å². The van der Waals surface area contributed by atoms with Gasteiger partial charge in [0.1, 0.15) is 11.6 Å². The summed E-state index contributed by atoms with van der Waals surface area (Å²) >= 11 is 0. The first kappa shape index (κ1) is 20.9. The molecule has 4 rings (SSSR count). The lowest BCUT2D eigenvalue weighted by Gasteiger charge is -2.39. The Bertz CT molecular complexity index is 855. The summed E-state index contributed by atoms with van der Waals surface area (Å²) in [4.78, 5) is 14.8. The normalized spacial score (nSPS) is 19.8. The van der Waals surface area contributed by atoms with Crippen LogP contribution in [0.15, 0.2) is 24.3 Å². The van der Waals surface area contributed by atoms with Crippen molar-refractivity contribution in [1.29, 1.82) is 0 Å². The molecule has 2 fully saturated rings. The molecule has 7 nitrogen and oxygen atoms in total. The van der Waals surface area contributed by atoms with Gasteiger partial charge in [0.05, 0.1) is 6.54 Å². The number of likely N-dealkylation sites (tertiary alicyclic amines) is 1. The highest BCUT2D eigenvalue weighted by Crippen LogP contribution is 2.43. The van der Waals surface area contributed by atoms with Gasteiger partial charge in [-0.2, -0.15) is 0 Å². The fourth-order valence-corrected chi connectivity index (χ4v) is 5.08. The summed E-state index contributed by atoms with van der Waals surface area (Å²) in [7, 11) is 0. The second kappa shape index (κ2) is 9.20. The van der Waals surface area contributed by atoms with Crippen LogP contribution < -0.4 is 5.32 Å². The molecular formula is C22H31FN6O. The van der Waals surface area contributed by atoms with Gasteiger partial charge >= 0.3 is 0 Å². The van der Waals surface area contributed by atoms with Gasteiger partial charge in [-0.3, -0.25) is 4.79 Å². The minimum atomic E-state index is -0.0700. The van der Waals surface area contributed by atoms with Gasteiger partial charge < -0.3 is 10.2 Å². The molecule has 2 aromatic rings. The number of amides is 1. The van der Waals surface area contributed by atoms with E-state index in [1.54, 1.807) is 16.8 Å². The average molecular weight is 415 g/mol. The Hall–Kier alpha value is -2.35. The number of rotatable bonds is 7. The van der Waals surface area contributed by atoms with Crippen LogP contribution in [0.4, 0.5) is 4.39 Å². The number of piperidine rings is 1. The summed E-state index contributed by atoms with van der Waals surface area (Å²) < 4.78 is 16.2. The lowest BCUT2D eigenvalue weighted by atomic mass is 9.77. The van der Waals surface area contributed by atoms with E-state index in [2.05, 4.69) is 25.7 Å². The van der Waals surface area contributed by atoms with E-state index < -0.39 is 0 Å². The SMILES string of the molecule is Cc1nnnn1CCC(=O)NC1CCN(CC2(c3ccccc3F)CCCC2)CC1. The molecule has 162 valence electrons. The Morgan fingerprint density at radius 2 is 1.97 bits per heavy atom. The van der Waals surface area contributed by atoms with Crippen LogP contribution in [0.3, 0.4) is 0 Å². The number of hydrogen-bond donors (Lipinski definition) is 1. The minimum Gasteiger partial charge on any atom is -0.353 e. The highest BCUT2D eigenvalue weighted by atomic mass is 19.1. The Morgan fingerprint density at radius 1 is 1.23 bits per heavy atom. The maximum atomic E-state index is 14.6. The van der Waals surface area contributed by atoms with Crippen LogP contribution >= 0.6 is 0 Å². The molecule has 1 saturated heterocycles. The molecule has 1 saturated carbocycles. The lowest BCUT2D eigenvalue weighted by Crippen LogP contribution is -2.48. The minimum absolute atomic E-state index is 0.0435. The van der Waals surface area contributed by atoms with E-state index in [9.17, 15) is 9.18 Å². The molecular weight excluding hydrogens is 383 g/mol. The fraction of sp³-hybridized carbons (Fsp3) is 0.636. The van der Waals surface area contributed by atoms with E-state index >= 15 is 0 Å². The highest BCUT2D eigenvalue weighted by molar-refractivity contribution is 5.76. The van der Waals surface area contributed by atoms with Gasteiger partial charge in [0.15, 0.2) is 0 Å². The molecule has 0 bridgehead atoms. The summed E-state index contributed by atoms with van der Waals surface area (Å²) in [5.74, 6) is 0.688. The fourth-order valence-electron chi connectivity index (χ4n) is 5.08. The van der Waals surface area contributed by atoms with Crippen LogP contribution in [0.25, 0.3) is 0 Å². The molecule has 1 aliphatic heterocycles. The predicted octanol–water partition coefficient (Wildman–Crippen LogP) is 2.60. The first-order valence-corrected chi connectivity index (χ1v) is 11.1. The second-order valence-corrected chi connectivity index (χ2v) is 8.78. The van der Waals surface area contributed by atoms with Crippen LogP contribution in [0.5, 0.6) is 0 Å². The zero-order valence-corrected chi connectivity index (χ0v) is 17.7. The maximum absolute atomic E-state index is 14.6. The summed E-state index contributed by atoms with van der Waals surface area (Å²) in [5, 5.41) is 14.5. The van der Waals surface area contributed by atoms with Crippen LogP contribution in [0.1, 0.15) is 56.3 Å². The van der Waals surface area contributed by atoms with Gasteiger partial charge in [-0.15, -0.1) is 5.10 Å². The van der Waals surface area contributed by atoms with E-state index in [1.165, 1.54) is 12.8 Å². The van der Waals surface area contributed by atoms with E-state index in [4.69, 9.17) is 0 Å². The van der Waals surface area contributed by atoms with Crippen molar-refractivity contribution in [2.45, 2.75) is 69.9 Å². The van der Waals surface area contributed by atoms with Crippen LogP contribution in [0, 0.1) is 12.7 Å². The number of carbonyl (C=O) groups excluding carboxylic acids is 1. The lowest BCUT2D eigenvalue weighted by molar-refractivity contribution is -0.122. The Morgan fingerprint density at radius 3 is 2.63 bits per heavy atom. The van der Waals surface area contributed by atoms with E-state index in [1.807, 2.05) is 19.1 Å². The molecule has 2 aliphatic rings. The third-order valence-electron chi connectivity index (χ3n) is 6.75. The Labute approximate surface area is 177 Å². The third kappa shape index (κ3) is 4.69. The van der Waals surface area contributed by atoms with Gasteiger partial charge in [-0.25, -0.2) is 9.07 Å². The number of tetrazole rings is 1.